The molecular weight excluding hydrogens is 436 g/mol. The maximum atomic E-state index is 13.2. The molecule has 0 atom stereocenters. The van der Waals surface area contributed by atoms with Gasteiger partial charge < -0.3 is 5.32 Å². The molecule has 1 amide bonds. The van der Waals surface area contributed by atoms with Crippen molar-refractivity contribution in [1.82, 2.24) is 9.78 Å². The van der Waals surface area contributed by atoms with Crippen LogP contribution in [-0.4, -0.2) is 24.1 Å². The fourth-order valence-electron chi connectivity index (χ4n) is 3.52. The summed E-state index contributed by atoms with van der Waals surface area (Å²) >= 11 is 0. The second-order valence-electron chi connectivity index (χ2n) is 7.71. The number of amides is 1. The Hall–Kier alpha value is -3.91. The molecular formula is C25H24N4O3S. The highest BCUT2D eigenvalue weighted by Gasteiger charge is 2.21. The van der Waals surface area contributed by atoms with Gasteiger partial charge in [-0.3, -0.25) is 9.52 Å². The number of sulfonamides is 1. The first-order chi connectivity index (χ1) is 15.8. The zero-order chi connectivity index (χ0) is 23.6. The summed E-state index contributed by atoms with van der Waals surface area (Å²) in [5, 5.41) is 7.45. The van der Waals surface area contributed by atoms with Gasteiger partial charge in [0.15, 0.2) is 0 Å². The van der Waals surface area contributed by atoms with Gasteiger partial charge in [-0.1, -0.05) is 48.0 Å². The highest BCUT2D eigenvalue weighted by molar-refractivity contribution is 7.92. The number of carbonyl (C=O) groups excluding carboxylic acids is 1. The lowest BCUT2D eigenvalue weighted by atomic mass is 10.1. The van der Waals surface area contributed by atoms with Crippen molar-refractivity contribution in [3.63, 3.8) is 0 Å². The van der Waals surface area contributed by atoms with Crippen molar-refractivity contribution in [2.75, 3.05) is 10.0 Å². The Bertz CT molecular complexity index is 1410. The molecule has 4 rings (SSSR count). The minimum absolute atomic E-state index is 0.124. The van der Waals surface area contributed by atoms with Gasteiger partial charge in [0.2, 0.25) is 0 Å². The van der Waals surface area contributed by atoms with Crippen molar-refractivity contribution in [3.05, 3.63) is 101 Å². The first kappa shape index (κ1) is 22.3. The maximum absolute atomic E-state index is 13.2. The van der Waals surface area contributed by atoms with Gasteiger partial charge in [0.25, 0.3) is 15.9 Å². The van der Waals surface area contributed by atoms with Gasteiger partial charge >= 0.3 is 0 Å². The summed E-state index contributed by atoms with van der Waals surface area (Å²) in [7, 11) is -3.85. The van der Waals surface area contributed by atoms with E-state index in [2.05, 4.69) is 15.1 Å². The van der Waals surface area contributed by atoms with E-state index in [1.165, 1.54) is 12.1 Å². The Morgan fingerprint density at radius 1 is 0.848 bits per heavy atom. The lowest BCUT2D eigenvalue weighted by Gasteiger charge is -2.13. The second kappa shape index (κ2) is 8.91. The third-order valence-electron chi connectivity index (χ3n) is 5.28. The number of nitrogens with one attached hydrogen (secondary N) is 2. The largest absolute Gasteiger partial charge is 0.319 e. The summed E-state index contributed by atoms with van der Waals surface area (Å²) in [4.78, 5) is 13.3. The molecule has 0 radical (unpaired) electrons. The zero-order valence-corrected chi connectivity index (χ0v) is 19.3. The molecule has 0 saturated heterocycles. The Labute approximate surface area is 193 Å². The quantitative estimate of drug-likeness (QED) is 0.430. The molecule has 168 valence electrons. The highest BCUT2D eigenvalue weighted by atomic mass is 32.2. The number of hydrogen-bond acceptors (Lipinski definition) is 4. The van der Waals surface area contributed by atoms with E-state index in [-0.39, 0.29) is 16.1 Å². The number of aryl methyl sites for hydroxylation is 2. The highest BCUT2D eigenvalue weighted by Crippen LogP contribution is 2.26. The number of benzene rings is 3. The number of carbonyl (C=O) groups is 1. The van der Waals surface area contributed by atoms with E-state index in [1.807, 2.05) is 51.1 Å². The molecule has 0 fully saturated rings. The minimum Gasteiger partial charge on any atom is -0.319 e. The van der Waals surface area contributed by atoms with Crippen LogP contribution in [0.1, 0.15) is 27.3 Å². The molecule has 0 bridgehead atoms. The van der Waals surface area contributed by atoms with E-state index >= 15 is 0 Å². The molecule has 0 aliphatic heterocycles. The predicted molar refractivity (Wildman–Crippen MR) is 129 cm³/mol. The molecule has 1 heterocycles. The van der Waals surface area contributed by atoms with Crippen molar-refractivity contribution < 1.29 is 13.2 Å². The van der Waals surface area contributed by atoms with Crippen LogP contribution in [0.2, 0.25) is 0 Å². The monoisotopic (exact) mass is 460 g/mol. The lowest BCUT2D eigenvalue weighted by molar-refractivity contribution is 0.102. The molecule has 0 aliphatic rings. The Kier molecular flexibility index (Phi) is 6.02. The molecule has 3 aromatic carbocycles. The number of para-hydroxylation sites is 2. The van der Waals surface area contributed by atoms with Gasteiger partial charge in [0.05, 0.1) is 38.9 Å². The van der Waals surface area contributed by atoms with Crippen LogP contribution in [0.3, 0.4) is 0 Å². The Morgan fingerprint density at radius 3 is 2.18 bits per heavy atom. The van der Waals surface area contributed by atoms with Crippen molar-refractivity contribution in [2.45, 2.75) is 25.7 Å². The number of nitrogens with zero attached hydrogens (tertiary/aromatic N) is 2. The van der Waals surface area contributed by atoms with Gasteiger partial charge in [0, 0.05) is 0 Å². The number of anilines is 2. The third-order valence-corrected chi connectivity index (χ3v) is 6.66. The van der Waals surface area contributed by atoms with Crippen LogP contribution in [0.5, 0.6) is 0 Å². The van der Waals surface area contributed by atoms with E-state index in [9.17, 15) is 13.2 Å². The number of rotatable bonds is 6. The fraction of sp³-hybridized carbons (Fsp3) is 0.120. The average Bonchev–Trinajstić information content (AvgIpc) is 3.08. The van der Waals surface area contributed by atoms with Gasteiger partial charge in [-0.15, -0.1) is 0 Å². The molecule has 0 aliphatic carbocycles. The van der Waals surface area contributed by atoms with E-state index in [1.54, 1.807) is 41.1 Å². The smallest absolute Gasteiger partial charge is 0.261 e. The Morgan fingerprint density at radius 2 is 1.48 bits per heavy atom. The van der Waals surface area contributed by atoms with E-state index in [0.29, 0.717) is 11.4 Å². The zero-order valence-electron chi connectivity index (χ0n) is 18.5. The number of hydrogen-bond donors (Lipinski definition) is 2. The molecule has 7 nitrogen and oxygen atoms in total. The van der Waals surface area contributed by atoms with E-state index < -0.39 is 15.9 Å². The van der Waals surface area contributed by atoms with Crippen molar-refractivity contribution in [1.29, 1.82) is 0 Å². The van der Waals surface area contributed by atoms with Crippen LogP contribution in [0, 0.1) is 20.8 Å². The predicted octanol–water partition coefficient (Wildman–Crippen LogP) is 4.85. The second-order valence-corrected chi connectivity index (χ2v) is 9.39. The van der Waals surface area contributed by atoms with E-state index in [4.69, 9.17) is 0 Å². The lowest BCUT2D eigenvalue weighted by Crippen LogP contribution is -2.19. The molecule has 0 spiro atoms. The summed E-state index contributed by atoms with van der Waals surface area (Å²) < 4.78 is 30.0. The first-order valence-corrected chi connectivity index (χ1v) is 11.9. The third kappa shape index (κ3) is 4.65. The van der Waals surface area contributed by atoms with Gasteiger partial charge in [0.1, 0.15) is 0 Å². The van der Waals surface area contributed by atoms with Crippen LogP contribution in [0.15, 0.2) is 83.8 Å². The molecule has 4 aromatic rings. The average molecular weight is 461 g/mol. The molecule has 8 heteroatoms. The fourth-order valence-corrected chi connectivity index (χ4v) is 4.60. The van der Waals surface area contributed by atoms with Crippen LogP contribution in [0.25, 0.3) is 5.69 Å². The standard InChI is InChI=1S/C25H24N4O3S/c1-17-13-15-21(16-14-17)33(31,32)28-23-12-8-7-11-22(23)25(30)26-24-18(2)27-29(19(24)3)20-9-5-4-6-10-20/h4-16,28H,1-3H3,(H,26,30). The summed E-state index contributed by atoms with van der Waals surface area (Å²) in [6.45, 7) is 5.57. The van der Waals surface area contributed by atoms with Crippen LogP contribution >= 0.6 is 0 Å². The van der Waals surface area contributed by atoms with Crippen LogP contribution < -0.4 is 10.0 Å². The molecule has 33 heavy (non-hydrogen) atoms. The summed E-state index contributed by atoms with van der Waals surface area (Å²) in [5.41, 5.74) is 4.24. The summed E-state index contributed by atoms with van der Waals surface area (Å²) in [6.07, 6.45) is 0. The van der Waals surface area contributed by atoms with Crippen LogP contribution in [-0.2, 0) is 10.0 Å². The van der Waals surface area contributed by atoms with E-state index in [0.717, 1.165) is 16.9 Å². The van der Waals surface area contributed by atoms with Crippen LogP contribution in [0.4, 0.5) is 11.4 Å². The number of aromatic nitrogens is 2. The molecule has 0 unspecified atom stereocenters. The normalized spacial score (nSPS) is 11.2. The van der Waals surface area contributed by atoms with Gasteiger partial charge in [-0.2, -0.15) is 5.10 Å². The van der Waals surface area contributed by atoms with Crippen molar-refractivity contribution in [3.8, 4) is 5.69 Å². The molecule has 2 N–H and O–H groups in total. The van der Waals surface area contributed by atoms with Gasteiger partial charge in [-0.05, 0) is 57.2 Å². The minimum atomic E-state index is -3.85. The van der Waals surface area contributed by atoms with Crippen molar-refractivity contribution >= 4 is 27.3 Å². The molecule has 1 aromatic heterocycles. The SMILES string of the molecule is Cc1ccc(S(=O)(=O)Nc2ccccc2C(=O)Nc2c(C)nn(-c3ccccc3)c2C)cc1. The first-order valence-electron chi connectivity index (χ1n) is 10.4. The van der Waals surface area contributed by atoms with Gasteiger partial charge in [-0.25, -0.2) is 13.1 Å². The summed E-state index contributed by atoms with van der Waals surface area (Å²) in [6, 6.07) is 22.6. The topological polar surface area (TPSA) is 93.1 Å². The molecule has 0 saturated carbocycles. The summed E-state index contributed by atoms with van der Waals surface area (Å²) in [5.74, 6) is -0.434. The maximum Gasteiger partial charge on any atom is 0.261 e. The Balaban J connectivity index is 1.62. The van der Waals surface area contributed by atoms with Crippen molar-refractivity contribution in [2.24, 2.45) is 0 Å².